The summed E-state index contributed by atoms with van der Waals surface area (Å²) in [5.41, 5.74) is 16.7. The Morgan fingerprint density at radius 3 is 2.56 bits per heavy atom. The van der Waals surface area contributed by atoms with E-state index in [1.807, 2.05) is 6.92 Å². The number of carbonyl (C=O) groups excluding carboxylic acids is 1. The van der Waals surface area contributed by atoms with Gasteiger partial charge < -0.3 is 27.2 Å². The first-order valence-corrected chi connectivity index (χ1v) is 10.8. The van der Waals surface area contributed by atoms with Crippen molar-refractivity contribution in [3.05, 3.63) is 0 Å². The van der Waals surface area contributed by atoms with E-state index in [4.69, 9.17) is 27.2 Å². The van der Waals surface area contributed by atoms with Crippen LogP contribution in [0.1, 0.15) is 39.5 Å². The van der Waals surface area contributed by atoms with E-state index in [-0.39, 0.29) is 38.4 Å². The number of carbonyl (C=O) groups is 1. The topological polar surface area (TPSA) is 176 Å². The molecule has 158 valence electrons. The Morgan fingerprint density at radius 2 is 2.04 bits per heavy atom. The van der Waals surface area contributed by atoms with Gasteiger partial charge in [0.2, 0.25) is 0 Å². The average molecular weight is 407 g/mol. The van der Waals surface area contributed by atoms with Crippen LogP contribution in [0.4, 0.5) is 0 Å². The SMILES string of the molecule is CCCCN(C(=O)C(N)CN)S(=O)(=O)N1C[C@H](CCCB(O)O)[C@@](C)(N)C1. The summed E-state index contributed by atoms with van der Waals surface area (Å²) in [5, 5.41) is 18.0. The first kappa shape index (κ1) is 24.3. The fraction of sp³-hybridized carbons (Fsp3) is 0.933. The number of amides is 1. The molecule has 1 rings (SSSR count). The number of unbranched alkanes of at least 4 members (excludes halogenated alkanes) is 1. The standard InChI is InChI=1S/C15H34BN5O5S/c1-3-4-8-21(14(22)13(18)9-17)27(25,26)20-10-12(15(2,19)11-20)6-5-7-16(23)24/h12-13,23-24H,3-11,17-19H2,1-2H3/t12-,13?,15-/m0/s1. The smallest absolute Gasteiger partial charge is 0.427 e. The second-order valence-electron chi connectivity index (χ2n) is 7.52. The zero-order chi connectivity index (χ0) is 20.8. The molecule has 1 unspecified atom stereocenters. The van der Waals surface area contributed by atoms with Gasteiger partial charge in [-0.1, -0.05) is 19.8 Å². The molecule has 0 bridgehead atoms. The van der Waals surface area contributed by atoms with Crippen molar-refractivity contribution in [2.24, 2.45) is 23.1 Å². The summed E-state index contributed by atoms with van der Waals surface area (Å²) in [6.07, 6.45) is 2.51. The van der Waals surface area contributed by atoms with Gasteiger partial charge in [0.25, 0.3) is 5.91 Å². The number of nitrogens with two attached hydrogens (primary N) is 3. The van der Waals surface area contributed by atoms with Crippen LogP contribution in [0.15, 0.2) is 0 Å². The quantitative estimate of drug-likeness (QED) is 0.245. The molecule has 12 heteroatoms. The van der Waals surface area contributed by atoms with E-state index in [1.54, 1.807) is 6.92 Å². The molecule has 8 N–H and O–H groups in total. The average Bonchev–Trinajstić information content (AvgIpc) is 2.89. The molecule has 1 aliphatic rings. The van der Waals surface area contributed by atoms with Crippen LogP contribution in [-0.4, -0.2) is 77.9 Å². The lowest BCUT2D eigenvalue weighted by Crippen LogP contribution is -2.54. The molecule has 0 aromatic carbocycles. The Kier molecular flexibility index (Phi) is 9.12. The zero-order valence-electron chi connectivity index (χ0n) is 16.2. The molecule has 0 radical (unpaired) electrons. The minimum absolute atomic E-state index is 0.0462. The van der Waals surface area contributed by atoms with Crippen molar-refractivity contribution in [2.45, 2.75) is 57.4 Å². The molecule has 0 aliphatic carbocycles. The van der Waals surface area contributed by atoms with Crippen molar-refractivity contribution in [2.75, 3.05) is 26.2 Å². The van der Waals surface area contributed by atoms with Gasteiger partial charge in [0, 0.05) is 31.7 Å². The van der Waals surface area contributed by atoms with Crippen LogP contribution in [0, 0.1) is 5.92 Å². The van der Waals surface area contributed by atoms with Gasteiger partial charge in [0.05, 0.1) is 6.04 Å². The zero-order valence-corrected chi connectivity index (χ0v) is 17.1. The molecule has 0 saturated carbocycles. The van der Waals surface area contributed by atoms with Crippen molar-refractivity contribution in [3.63, 3.8) is 0 Å². The van der Waals surface area contributed by atoms with E-state index in [2.05, 4.69) is 0 Å². The fourth-order valence-corrected chi connectivity index (χ4v) is 5.05. The summed E-state index contributed by atoms with van der Waals surface area (Å²) in [5.74, 6) is -0.867. The molecule has 1 heterocycles. The normalized spacial score (nSPS) is 24.8. The molecule has 1 aliphatic heterocycles. The second-order valence-corrected chi connectivity index (χ2v) is 9.37. The summed E-state index contributed by atoms with van der Waals surface area (Å²) in [6, 6.07) is -1.08. The monoisotopic (exact) mass is 407 g/mol. The Morgan fingerprint density at radius 1 is 1.41 bits per heavy atom. The summed E-state index contributed by atoms with van der Waals surface area (Å²) < 4.78 is 28.3. The second kappa shape index (κ2) is 10.1. The minimum atomic E-state index is -4.07. The van der Waals surface area contributed by atoms with Crippen LogP contribution < -0.4 is 17.2 Å². The van der Waals surface area contributed by atoms with E-state index >= 15 is 0 Å². The fourth-order valence-electron chi connectivity index (χ4n) is 3.24. The lowest BCUT2D eigenvalue weighted by atomic mass is 9.79. The summed E-state index contributed by atoms with van der Waals surface area (Å²) in [4.78, 5) is 12.5. The maximum atomic E-state index is 13.1. The molecule has 1 fully saturated rings. The van der Waals surface area contributed by atoms with Gasteiger partial charge in [-0.25, -0.2) is 4.31 Å². The maximum absolute atomic E-state index is 13.1. The first-order chi connectivity index (χ1) is 12.5. The van der Waals surface area contributed by atoms with Crippen LogP contribution in [0.3, 0.4) is 0 Å². The van der Waals surface area contributed by atoms with Crippen molar-refractivity contribution in [1.82, 2.24) is 8.61 Å². The van der Waals surface area contributed by atoms with Gasteiger partial charge in [-0.15, -0.1) is 0 Å². The first-order valence-electron chi connectivity index (χ1n) is 9.39. The van der Waals surface area contributed by atoms with Gasteiger partial charge in [0.15, 0.2) is 0 Å². The number of nitrogens with zero attached hydrogens (tertiary/aromatic N) is 2. The van der Waals surface area contributed by atoms with Crippen molar-refractivity contribution in [1.29, 1.82) is 0 Å². The van der Waals surface area contributed by atoms with Crippen LogP contribution in [0.25, 0.3) is 0 Å². The number of rotatable bonds is 11. The largest absolute Gasteiger partial charge is 0.451 e. The highest BCUT2D eigenvalue weighted by Gasteiger charge is 2.47. The molecule has 10 nitrogen and oxygen atoms in total. The van der Waals surface area contributed by atoms with Gasteiger partial charge in [-0.2, -0.15) is 12.7 Å². The van der Waals surface area contributed by atoms with Crippen molar-refractivity contribution in [3.8, 4) is 0 Å². The van der Waals surface area contributed by atoms with Gasteiger partial charge >= 0.3 is 17.3 Å². The number of hydrogen-bond donors (Lipinski definition) is 5. The van der Waals surface area contributed by atoms with Gasteiger partial charge in [0.1, 0.15) is 0 Å². The Balaban J connectivity index is 2.97. The van der Waals surface area contributed by atoms with Crippen molar-refractivity contribution < 1.29 is 23.3 Å². The molecule has 1 saturated heterocycles. The van der Waals surface area contributed by atoms with E-state index < -0.39 is 34.8 Å². The third kappa shape index (κ3) is 6.38. The highest BCUT2D eigenvalue weighted by atomic mass is 32.2. The molecule has 27 heavy (non-hydrogen) atoms. The third-order valence-corrected chi connectivity index (χ3v) is 6.88. The van der Waals surface area contributed by atoms with Crippen molar-refractivity contribution >= 4 is 23.2 Å². The third-order valence-electron chi connectivity index (χ3n) is 5.03. The predicted molar refractivity (Wildman–Crippen MR) is 104 cm³/mol. The molecule has 0 aromatic heterocycles. The van der Waals surface area contributed by atoms with E-state index in [9.17, 15) is 13.2 Å². The Labute approximate surface area is 162 Å². The lowest BCUT2D eigenvalue weighted by Gasteiger charge is -2.29. The summed E-state index contributed by atoms with van der Waals surface area (Å²) in [7, 11) is -5.46. The highest BCUT2D eigenvalue weighted by Crippen LogP contribution is 2.32. The molecular weight excluding hydrogens is 373 g/mol. The molecule has 3 atom stereocenters. The summed E-state index contributed by atoms with van der Waals surface area (Å²) in [6.45, 7) is 3.82. The van der Waals surface area contributed by atoms with Gasteiger partial charge in [-0.3, -0.25) is 4.79 Å². The van der Waals surface area contributed by atoms with Crippen LogP contribution in [0.5, 0.6) is 0 Å². The van der Waals surface area contributed by atoms with Crippen LogP contribution in [0.2, 0.25) is 6.32 Å². The molecular formula is C15H34BN5O5S. The van der Waals surface area contributed by atoms with E-state index in [1.165, 1.54) is 4.31 Å². The Bertz CT molecular complexity index is 589. The summed E-state index contributed by atoms with van der Waals surface area (Å²) >= 11 is 0. The van der Waals surface area contributed by atoms with E-state index in [0.29, 0.717) is 19.3 Å². The molecule has 0 aromatic rings. The minimum Gasteiger partial charge on any atom is -0.427 e. The van der Waals surface area contributed by atoms with Gasteiger partial charge in [-0.05, 0) is 32.0 Å². The predicted octanol–water partition coefficient (Wildman–Crippen LogP) is -1.95. The maximum Gasteiger partial charge on any atom is 0.451 e. The van der Waals surface area contributed by atoms with Crippen LogP contribution >= 0.6 is 0 Å². The Hall–Kier alpha value is -0.755. The highest BCUT2D eigenvalue weighted by molar-refractivity contribution is 7.87. The number of hydrogen-bond acceptors (Lipinski definition) is 8. The molecule has 1 amide bonds. The van der Waals surface area contributed by atoms with Crippen LogP contribution in [-0.2, 0) is 15.0 Å². The van der Waals surface area contributed by atoms with E-state index in [0.717, 1.165) is 10.7 Å². The lowest BCUT2D eigenvalue weighted by molar-refractivity contribution is -0.127. The molecule has 0 spiro atoms.